The van der Waals surface area contributed by atoms with Crippen molar-refractivity contribution in [3.05, 3.63) is 70.1 Å². The molecule has 0 aliphatic carbocycles. The van der Waals surface area contributed by atoms with Gasteiger partial charge in [0.2, 0.25) is 0 Å². The van der Waals surface area contributed by atoms with Crippen LogP contribution in [0.15, 0.2) is 53.1 Å². The van der Waals surface area contributed by atoms with Crippen LogP contribution in [0.4, 0.5) is 4.39 Å². The summed E-state index contributed by atoms with van der Waals surface area (Å²) < 4.78 is 28.4. The third kappa shape index (κ3) is 4.74. The molecular formula is C18H12Cl2FNO4. The number of halogens is 3. The van der Waals surface area contributed by atoms with Gasteiger partial charge in [0.1, 0.15) is 23.9 Å². The molecule has 0 N–H and O–H groups in total. The lowest BCUT2D eigenvalue weighted by molar-refractivity contribution is -0.147. The van der Waals surface area contributed by atoms with Crippen LogP contribution < -0.4 is 4.74 Å². The minimum absolute atomic E-state index is 0.0821. The molecular weight excluding hydrogens is 384 g/mol. The van der Waals surface area contributed by atoms with Crippen LogP contribution in [0.3, 0.4) is 0 Å². The smallest absolute Gasteiger partial charge is 0.344 e. The molecule has 0 saturated heterocycles. The summed E-state index contributed by atoms with van der Waals surface area (Å²) in [5, 5.41) is 4.57. The van der Waals surface area contributed by atoms with E-state index < -0.39 is 5.97 Å². The van der Waals surface area contributed by atoms with Gasteiger partial charge in [0, 0.05) is 16.7 Å². The molecule has 0 fully saturated rings. The number of esters is 1. The molecule has 8 heteroatoms. The molecule has 26 heavy (non-hydrogen) atoms. The van der Waals surface area contributed by atoms with Crippen molar-refractivity contribution in [2.45, 2.75) is 6.61 Å². The minimum Gasteiger partial charge on any atom is -0.480 e. The van der Waals surface area contributed by atoms with E-state index in [9.17, 15) is 9.18 Å². The van der Waals surface area contributed by atoms with E-state index in [1.54, 1.807) is 30.3 Å². The van der Waals surface area contributed by atoms with Crippen LogP contribution in [0.1, 0.15) is 5.69 Å². The summed E-state index contributed by atoms with van der Waals surface area (Å²) in [6, 6.07) is 12.0. The third-order valence-corrected chi connectivity index (χ3v) is 3.84. The molecule has 0 amide bonds. The highest BCUT2D eigenvalue weighted by molar-refractivity contribution is 6.35. The van der Waals surface area contributed by atoms with Crippen LogP contribution in [-0.2, 0) is 16.1 Å². The zero-order valence-corrected chi connectivity index (χ0v) is 14.8. The highest BCUT2D eigenvalue weighted by atomic mass is 35.5. The van der Waals surface area contributed by atoms with Crippen molar-refractivity contribution >= 4 is 29.2 Å². The predicted molar refractivity (Wildman–Crippen MR) is 93.7 cm³/mol. The monoisotopic (exact) mass is 395 g/mol. The Balaban J connectivity index is 1.51. The fraction of sp³-hybridized carbons (Fsp3) is 0.111. The SMILES string of the molecule is O=C(COc1ccc(Cl)cc1Cl)OCc1cc(-c2ccc(F)cc2)on1. The number of ether oxygens (including phenoxy) is 2. The summed E-state index contributed by atoms with van der Waals surface area (Å²) in [6.45, 7) is -0.398. The van der Waals surface area contributed by atoms with E-state index in [-0.39, 0.29) is 19.0 Å². The molecule has 5 nitrogen and oxygen atoms in total. The van der Waals surface area contributed by atoms with Crippen molar-refractivity contribution in [2.24, 2.45) is 0 Å². The second kappa shape index (κ2) is 8.21. The molecule has 0 radical (unpaired) electrons. The zero-order chi connectivity index (χ0) is 18.5. The summed E-state index contributed by atoms with van der Waals surface area (Å²) in [5.74, 6) is -0.168. The Labute approximate surface area is 158 Å². The van der Waals surface area contributed by atoms with Gasteiger partial charge in [-0.3, -0.25) is 0 Å². The van der Waals surface area contributed by atoms with E-state index in [1.807, 2.05) is 0 Å². The van der Waals surface area contributed by atoms with E-state index in [0.29, 0.717) is 32.8 Å². The van der Waals surface area contributed by atoms with Gasteiger partial charge in [-0.2, -0.15) is 0 Å². The fourth-order valence-corrected chi connectivity index (χ4v) is 2.52. The Kier molecular flexibility index (Phi) is 5.75. The first-order valence-corrected chi connectivity index (χ1v) is 8.22. The van der Waals surface area contributed by atoms with Crippen molar-refractivity contribution in [1.29, 1.82) is 0 Å². The average Bonchev–Trinajstić information content (AvgIpc) is 3.09. The normalized spacial score (nSPS) is 10.6. The second-order valence-corrected chi connectivity index (χ2v) is 6.06. The van der Waals surface area contributed by atoms with Gasteiger partial charge >= 0.3 is 5.97 Å². The van der Waals surface area contributed by atoms with Gasteiger partial charge in [-0.25, -0.2) is 9.18 Å². The Morgan fingerprint density at radius 3 is 2.62 bits per heavy atom. The van der Waals surface area contributed by atoms with Crippen LogP contribution >= 0.6 is 23.2 Å². The standard InChI is InChI=1S/C18H12Cl2FNO4/c19-12-3-6-16(15(20)7-12)24-10-18(23)25-9-14-8-17(26-22-14)11-1-4-13(21)5-2-11/h1-8H,9-10H2. The first-order valence-electron chi connectivity index (χ1n) is 7.46. The quantitative estimate of drug-likeness (QED) is 0.554. The van der Waals surface area contributed by atoms with Crippen molar-refractivity contribution in [1.82, 2.24) is 5.16 Å². The van der Waals surface area contributed by atoms with Crippen molar-refractivity contribution in [2.75, 3.05) is 6.61 Å². The van der Waals surface area contributed by atoms with Crippen molar-refractivity contribution in [3.8, 4) is 17.1 Å². The van der Waals surface area contributed by atoms with Crippen LogP contribution in [0.25, 0.3) is 11.3 Å². The van der Waals surface area contributed by atoms with Gasteiger partial charge in [-0.1, -0.05) is 28.4 Å². The topological polar surface area (TPSA) is 61.6 Å². The number of aromatic nitrogens is 1. The van der Waals surface area contributed by atoms with E-state index in [1.165, 1.54) is 18.2 Å². The minimum atomic E-state index is -0.595. The molecule has 0 unspecified atom stereocenters. The summed E-state index contributed by atoms with van der Waals surface area (Å²) in [6.07, 6.45) is 0. The van der Waals surface area contributed by atoms with Crippen LogP contribution in [0, 0.1) is 5.82 Å². The maximum atomic E-state index is 12.9. The highest BCUT2D eigenvalue weighted by Crippen LogP contribution is 2.27. The number of nitrogens with zero attached hydrogens (tertiary/aromatic N) is 1. The van der Waals surface area contributed by atoms with E-state index in [0.717, 1.165) is 0 Å². The Bertz CT molecular complexity index is 912. The number of carbonyl (C=O) groups excluding carboxylic acids is 1. The first kappa shape index (κ1) is 18.2. The molecule has 134 valence electrons. The van der Waals surface area contributed by atoms with Crippen molar-refractivity contribution < 1.29 is 23.2 Å². The van der Waals surface area contributed by atoms with Gasteiger partial charge < -0.3 is 14.0 Å². The molecule has 0 saturated carbocycles. The molecule has 3 aromatic rings. The fourth-order valence-electron chi connectivity index (χ4n) is 2.06. The maximum absolute atomic E-state index is 12.9. The second-order valence-electron chi connectivity index (χ2n) is 5.21. The van der Waals surface area contributed by atoms with Crippen LogP contribution in [0.5, 0.6) is 5.75 Å². The molecule has 1 aromatic heterocycles. The molecule has 3 rings (SSSR count). The van der Waals surface area contributed by atoms with Crippen LogP contribution in [0.2, 0.25) is 10.0 Å². The number of hydrogen-bond acceptors (Lipinski definition) is 5. The van der Waals surface area contributed by atoms with E-state index in [2.05, 4.69) is 5.16 Å². The number of carbonyl (C=O) groups is 1. The highest BCUT2D eigenvalue weighted by Gasteiger charge is 2.11. The summed E-state index contributed by atoms with van der Waals surface area (Å²) in [4.78, 5) is 11.8. The van der Waals surface area contributed by atoms with E-state index in [4.69, 9.17) is 37.2 Å². The largest absolute Gasteiger partial charge is 0.480 e. The number of rotatable bonds is 6. The van der Waals surface area contributed by atoms with Crippen molar-refractivity contribution in [3.63, 3.8) is 0 Å². The van der Waals surface area contributed by atoms with Gasteiger partial charge in [-0.15, -0.1) is 0 Å². The van der Waals surface area contributed by atoms with E-state index >= 15 is 0 Å². The molecule has 0 bridgehead atoms. The van der Waals surface area contributed by atoms with Gasteiger partial charge in [0.25, 0.3) is 0 Å². The maximum Gasteiger partial charge on any atom is 0.344 e. The zero-order valence-electron chi connectivity index (χ0n) is 13.2. The Morgan fingerprint density at radius 1 is 1.12 bits per heavy atom. The lowest BCUT2D eigenvalue weighted by Gasteiger charge is -2.07. The summed E-state index contributed by atoms with van der Waals surface area (Å²) in [5.41, 5.74) is 1.08. The first-order chi connectivity index (χ1) is 12.5. The Morgan fingerprint density at radius 2 is 1.88 bits per heavy atom. The molecule has 0 aliphatic rings. The lowest BCUT2D eigenvalue weighted by Crippen LogP contribution is -2.15. The number of benzene rings is 2. The Hall–Kier alpha value is -2.57. The van der Waals surface area contributed by atoms with Crippen LogP contribution in [-0.4, -0.2) is 17.7 Å². The number of hydrogen-bond donors (Lipinski definition) is 0. The predicted octanol–water partition coefficient (Wildman–Crippen LogP) is 4.91. The summed E-state index contributed by atoms with van der Waals surface area (Å²) in [7, 11) is 0. The molecule has 2 aromatic carbocycles. The van der Waals surface area contributed by atoms with Gasteiger partial charge in [0.05, 0.1) is 5.02 Å². The average molecular weight is 396 g/mol. The molecule has 1 heterocycles. The summed E-state index contributed by atoms with van der Waals surface area (Å²) >= 11 is 11.7. The van der Waals surface area contributed by atoms with Gasteiger partial charge in [-0.05, 0) is 42.5 Å². The lowest BCUT2D eigenvalue weighted by atomic mass is 10.1. The molecule has 0 spiro atoms. The third-order valence-electron chi connectivity index (χ3n) is 3.31. The molecule has 0 atom stereocenters. The van der Waals surface area contributed by atoms with Gasteiger partial charge in [0.15, 0.2) is 12.4 Å². The molecule has 0 aliphatic heterocycles.